The van der Waals surface area contributed by atoms with E-state index in [0.29, 0.717) is 18.2 Å². The monoisotopic (exact) mass is 199 g/mol. The molecule has 2 heteroatoms. The summed E-state index contributed by atoms with van der Waals surface area (Å²) in [5.41, 5.74) is 0.279. The maximum absolute atomic E-state index is 11.4. The standard InChI is InChI=1S/C12H25NO/c1-10(2)13-9-7-11(14)6-8-12(3,4)5/h10,13H,6-9H2,1-5H3. The van der Waals surface area contributed by atoms with Crippen molar-refractivity contribution < 1.29 is 4.79 Å². The van der Waals surface area contributed by atoms with Crippen molar-refractivity contribution in [2.75, 3.05) is 6.54 Å². The number of carbonyl (C=O) groups is 1. The predicted octanol–water partition coefficient (Wildman–Crippen LogP) is 2.77. The van der Waals surface area contributed by atoms with Gasteiger partial charge in [-0.15, -0.1) is 0 Å². The minimum atomic E-state index is 0.279. The van der Waals surface area contributed by atoms with Crippen LogP contribution in [0.3, 0.4) is 0 Å². The van der Waals surface area contributed by atoms with Crippen molar-refractivity contribution in [3.63, 3.8) is 0 Å². The van der Waals surface area contributed by atoms with Gasteiger partial charge in [-0.05, 0) is 11.8 Å². The van der Waals surface area contributed by atoms with Crippen molar-refractivity contribution in [3.8, 4) is 0 Å². The molecule has 1 N–H and O–H groups in total. The third-order valence-corrected chi connectivity index (χ3v) is 2.11. The van der Waals surface area contributed by atoms with E-state index in [4.69, 9.17) is 0 Å². The van der Waals surface area contributed by atoms with E-state index in [-0.39, 0.29) is 5.41 Å². The Labute approximate surface area is 88.5 Å². The van der Waals surface area contributed by atoms with Crippen molar-refractivity contribution in [2.24, 2.45) is 5.41 Å². The lowest BCUT2D eigenvalue weighted by molar-refractivity contribution is -0.119. The van der Waals surface area contributed by atoms with Crippen LogP contribution in [0.15, 0.2) is 0 Å². The van der Waals surface area contributed by atoms with E-state index in [2.05, 4.69) is 39.9 Å². The average molecular weight is 199 g/mol. The van der Waals surface area contributed by atoms with Gasteiger partial charge in [-0.3, -0.25) is 4.79 Å². The van der Waals surface area contributed by atoms with Crippen molar-refractivity contribution in [1.29, 1.82) is 0 Å². The van der Waals surface area contributed by atoms with Crippen molar-refractivity contribution in [2.45, 2.75) is 59.9 Å². The van der Waals surface area contributed by atoms with Gasteiger partial charge in [0.15, 0.2) is 0 Å². The molecule has 2 nitrogen and oxygen atoms in total. The van der Waals surface area contributed by atoms with Gasteiger partial charge in [0.05, 0.1) is 0 Å². The lowest BCUT2D eigenvalue weighted by atomic mass is 9.89. The van der Waals surface area contributed by atoms with Gasteiger partial charge < -0.3 is 5.32 Å². The first-order chi connectivity index (χ1) is 6.31. The summed E-state index contributed by atoms with van der Waals surface area (Å²) in [7, 11) is 0. The molecule has 0 aromatic heterocycles. The second-order valence-corrected chi connectivity index (χ2v) is 5.46. The lowest BCUT2D eigenvalue weighted by Gasteiger charge is -2.17. The first-order valence-corrected chi connectivity index (χ1v) is 5.56. The zero-order valence-corrected chi connectivity index (χ0v) is 10.3. The third-order valence-electron chi connectivity index (χ3n) is 2.11. The Kier molecular flexibility index (Phi) is 6.01. The number of rotatable bonds is 6. The molecule has 0 spiro atoms. The Bertz CT molecular complexity index is 168. The van der Waals surface area contributed by atoms with Crippen LogP contribution in [0.4, 0.5) is 0 Å². The fourth-order valence-electron chi connectivity index (χ4n) is 1.14. The number of carbonyl (C=O) groups excluding carboxylic acids is 1. The quantitative estimate of drug-likeness (QED) is 0.712. The SMILES string of the molecule is CC(C)NCCC(=O)CCC(C)(C)C. The van der Waals surface area contributed by atoms with Crippen molar-refractivity contribution in [3.05, 3.63) is 0 Å². The molecule has 0 radical (unpaired) electrons. The van der Waals surface area contributed by atoms with Gasteiger partial charge in [-0.1, -0.05) is 34.6 Å². The first-order valence-electron chi connectivity index (χ1n) is 5.56. The topological polar surface area (TPSA) is 29.1 Å². The van der Waals surface area contributed by atoms with Crippen LogP contribution in [0.2, 0.25) is 0 Å². The molecular formula is C12H25NO. The van der Waals surface area contributed by atoms with E-state index < -0.39 is 0 Å². The summed E-state index contributed by atoms with van der Waals surface area (Å²) in [5.74, 6) is 0.382. The molecule has 0 rings (SSSR count). The molecule has 0 aromatic rings. The van der Waals surface area contributed by atoms with Crippen LogP contribution in [0, 0.1) is 5.41 Å². The molecule has 0 unspecified atom stereocenters. The van der Waals surface area contributed by atoms with E-state index in [0.717, 1.165) is 19.4 Å². The number of nitrogens with one attached hydrogen (secondary N) is 1. The zero-order chi connectivity index (χ0) is 11.2. The number of hydrogen-bond donors (Lipinski definition) is 1. The van der Waals surface area contributed by atoms with Gasteiger partial charge in [0, 0.05) is 25.4 Å². The Hall–Kier alpha value is -0.370. The van der Waals surface area contributed by atoms with Crippen LogP contribution in [0.25, 0.3) is 0 Å². The fraction of sp³-hybridized carbons (Fsp3) is 0.917. The van der Waals surface area contributed by atoms with Crippen LogP contribution < -0.4 is 5.32 Å². The molecule has 0 fully saturated rings. The third kappa shape index (κ3) is 9.72. The summed E-state index contributed by atoms with van der Waals surface area (Å²) in [5, 5.41) is 3.25. The first kappa shape index (κ1) is 13.6. The highest BCUT2D eigenvalue weighted by molar-refractivity contribution is 5.78. The summed E-state index contributed by atoms with van der Waals surface area (Å²) in [6.45, 7) is 11.5. The number of hydrogen-bond acceptors (Lipinski definition) is 2. The van der Waals surface area contributed by atoms with E-state index >= 15 is 0 Å². The maximum Gasteiger partial charge on any atom is 0.134 e. The smallest absolute Gasteiger partial charge is 0.134 e. The molecule has 0 aliphatic heterocycles. The Morgan fingerprint density at radius 2 is 1.79 bits per heavy atom. The normalized spacial score (nSPS) is 12.1. The van der Waals surface area contributed by atoms with Crippen LogP contribution in [0.5, 0.6) is 0 Å². The molecule has 14 heavy (non-hydrogen) atoms. The van der Waals surface area contributed by atoms with Gasteiger partial charge in [-0.2, -0.15) is 0 Å². The highest BCUT2D eigenvalue weighted by Crippen LogP contribution is 2.20. The van der Waals surface area contributed by atoms with E-state index in [1.807, 2.05) is 0 Å². The molecule has 0 aliphatic carbocycles. The molecule has 0 amide bonds. The second kappa shape index (κ2) is 6.18. The molecule has 0 aliphatic rings. The molecule has 0 heterocycles. The van der Waals surface area contributed by atoms with Gasteiger partial charge in [0.1, 0.15) is 5.78 Å². The van der Waals surface area contributed by atoms with Crippen LogP contribution >= 0.6 is 0 Å². The molecular weight excluding hydrogens is 174 g/mol. The fourth-order valence-corrected chi connectivity index (χ4v) is 1.14. The minimum Gasteiger partial charge on any atom is -0.314 e. The van der Waals surface area contributed by atoms with Crippen molar-refractivity contribution in [1.82, 2.24) is 5.32 Å². The van der Waals surface area contributed by atoms with Crippen LogP contribution in [0.1, 0.15) is 53.9 Å². The Balaban J connectivity index is 3.47. The molecule has 84 valence electrons. The molecule has 0 saturated carbocycles. The largest absolute Gasteiger partial charge is 0.314 e. The van der Waals surface area contributed by atoms with Gasteiger partial charge in [0.25, 0.3) is 0 Å². The number of ketones is 1. The summed E-state index contributed by atoms with van der Waals surface area (Å²) in [4.78, 5) is 11.4. The summed E-state index contributed by atoms with van der Waals surface area (Å²) in [6, 6.07) is 0.477. The van der Waals surface area contributed by atoms with E-state index in [9.17, 15) is 4.79 Å². The lowest BCUT2D eigenvalue weighted by Crippen LogP contribution is -2.25. The predicted molar refractivity (Wildman–Crippen MR) is 61.5 cm³/mol. The van der Waals surface area contributed by atoms with E-state index in [1.54, 1.807) is 0 Å². The Morgan fingerprint density at radius 3 is 2.21 bits per heavy atom. The van der Waals surface area contributed by atoms with Gasteiger partial charge in [-0.25, -0.2) is 0 Å². The number of Topliss-reactive ketones (excluding diaryl/α,β-unsaturated/α-hetero) is 1. The highest BCUT2D eigenvalue weighted by atomic mass is 16.1. The minimum absolute atomic E-state index is 0.279. The second-order valence-electron chi connectivity index (χ2n) is 5.46. The average Bonchev–Trinajstić information content (AvgIpc) is 1.99. The summed E-state index contributed by atoms with van der Waals surface area (Å²) >= 11 is 0. The van der Waals surface area contributed by atoms with Crippen LogP contribution in [-0.4, -0.2) is 18.4 Å². The molecule has 0 atom stereocenters. The van der Waals surface area contributed by atoms with Crippen molar-refractivity contribution >= 4 is 5.78 Å². The van der Waals surface area contributed by atoms with Gasteiger partial charge in [0.2, 0.25) is 0 Å². The molecule has 0 bridgehead atoms. The molecule has 0 saturated heterocycles. The van der Waals surface area contributed by atoms with Gasteiger partial charge >= 0.3 is 0 Å². The summed E-state index contributed by atoms with van der Waals surface area (Å²) < 4.78 is 0. The zero-order valence-electron chi connectivity index (χ0n) is 10.3. The van der Waals surface area contributed by atoms with Crippen LogP contribution in [-0.2, 0) is 4.79 Å². The maximum atomic E-state index is 11.4. The Morgan fingerprint density at radius 1 is 1.21 bits per heavy atom. The molecule has 0 aromatic carbocycles. The summed E-state index contributed by atoms with van der Waals surface area (Å²) in [6.07, 6.45) is 2.39. The van der Waals surface area contributed by atoms with E-state index in [1.165, 1.54) is 0 Å². The highest BCUT2D eigenvalue weighted by Gasteiger charge is 2.12.